The van der Waals surface area contributed by atoms with Crippen molar-refractivity contribution < 1.29 is 13.9 Å². The van der Waals surface area contributed by atoms with Gasteiger partial charge in [0, 0.05) is 30.9 Å². The molecule has 0 atom stereocenters. The van der Waals surface area contributed by atoms with Crippen molar-refractivity contribution in [1.82, 2.24) is 14.5 Å². The van der Waals surface area contributed by atoms with E-state index in [1.54, 1.807) is 0 Å². The van der Waals surface area contributed by atoms with Crippen LogP contribution >= 0.6 is 0 Å². The number of aryl methyl sites for hydroxylation is 1. The molecule has 3 aromatic rings. The summed E-state index contributed by atoms with van der Waals surface area (Å²) in [5, 5.41) is 2.86. The first kappa shape index (κ1) is 18.6. The summed E-state index contributed by atoms with van der Waals surface area (Å²) in [6, 6.07) is 11.2. The quantitative estimate of drug-likeness (QED) is 0.736. The maximum absolute atomic E-state index is 13.0. The number of nitrogens with one attached hydrogen (secondary N) is 1. The molecule has 7 heteroatoms. The first-order chi connectivity index (χ1) is 13.6. The van der Waals surface area contributed by atoms with Gasteiger partial charge in [-0.15, -0.1) is 0 Å². The second kappa shape index (κ2) is 8.08. The predicted octanol–water partition coefficient (Wildman–Crippen LogP) is 3.28. The highest BCUT2D eigenvalue weighted by atomic mass is 19.1. The average molecular weight is 382 g/mol. The number of rotatable bonds is 5. The molecule has 0 saturated carbocycles. The van der Waals surface area contributed by atoms with Crippen molar-refractivity contribution in [2.24, 2.45) is 0 Å². The zero-order valence-corrected chi connectivity index (χ0v) is 15.8. The highest BCUT2D eigenvalue weighted by Gasteiger charge is 2.16. The Morgan fingerprint density at radius 2 is 1.93 bits per heavy atom. The molecule has 2 aromatic carbocycles. The number of nitrogens with zero attached hydrogens (tertiary/aromatic N) is 3. The van der Waals surface area contributed by atoms with Crippen molar-refractivity contribution in [3.63, 3.8) is 0 Å². The van der Waals surface area contributed by atoms with Gasteiger partial charge in [0.05, 0.1) is 30.8 Å². The van der Waals surface area contributed by atoms with E-state index in [4.69, 9.17) is 9.72 Å². The predicted molar refractivity (Wildman–Crippen MR) is 106 cm³/mol. The van der Waals surface area contributed by atoms with Crippen LogP contribution < -0.4 is 5.32 Å². The van der Waals surface area contributed by atoms with Crippen molar-refractivity contribution >= 4 is 22.6 Å². The van der Waals surface area contributed by atoms with E-state index >= 15 is 0 Å². The van der Waals surface area contributed by atoms with Gasteiger partial charge in [-0.25, -0.2) is 9.37 Å². The van der Waals surface area contributed by atoms with Crippen LogP contribution in [-0.4, -0.2) is 46.7 Å². The third kappa shape index (κ3) is 3.90. The number of morpholine rings is 1. The maximum Gasteiger partial charge on any atom is 0.255 e. The van der Waals surface area contributed by atoms with Crippen LogP contribution in [0.15, 0.2) is 42.5 Å². The minimum absolute atomic E-state index is 0.275. The van der Waals surface area contributed by atoms with Gasteiger partial charge in [-0.1, -0.05) is 0 Å². The van der Waals surface area contributed by atoms with Gasteiger partial charge in [0.25, 0.3) is 5.91 Å². The Balaban J connectivity index is 1.56. The molecule has 1 N–H and O–H groups in total. The fourth-order valence-electron chi connectivity index (χ4n) is 3.49. The van der Waals surface area contributed by atoms with Crippen LogP contribution in [0.5, 0.6) is 0 Å². The van der Waals surface area contributed by atoms with Gasteiger partial charge in [-0.2, -0.15) is 0 Å². The molecule has 1 saturated heterocycles. The number of ether oxygens (including phenoxy) is 1. The van der Waals surface area contributed by atoms with E-state index in [0.717, 1.165) is 56.3 Å². The molecule has 1 fully saturated rings. The number of halogens is 1. The van der Waals surface area contributed by atoms with Crippen LogP contribution in [0.3, 0.4) is 0 Å². The standard InChI is InChI=1S/C21H23FN4O2/c1-2-26-19-8-7-17(23-21(27)15-3-5-16(22)6-4-15)13-18(19)24-20(26)14-25-9-11-28-12-10-25/h3-8,13H,2,9-12,14H2,1H3,(H,23,27). The third-order valence-corrected chi connectivity index (χ3v) is 4.98. The summed E-state index contributed by atoms with van der Waals surface area (Å²) >= 11 is 0. The van der Waals surface area contributed by atoms with Crippen LogP contribution in [0.25, 0.3) is 11.0 Å². The number of amides is 1. The Morgan fingerprint density at radius 1 is 1.18 bits per heavy atom. The van der Waals surface area contributed by atoms with Crippen molar-refractivity contribution in [3.05, 3.63) is 59.7 Å². The number of hydrogen-bond donors (Lipinski definition) is 1. The van der Waals surface area contributed by atoms with Gasteiger partial charge < -0.3 is 14.6 Å². The summed E-state index contributed by atoms with van der Waals surface area (Å²) in [5.41, 5.74) is 2.97. The van der Waals surface area contributed by atoms with Gasteiger partial charge in [0.2, 0.25) is 0 Å². The molecule has 2 heterocycles. The Bertz CT molecular complexity index is 978. The fourth-order valence-corrected chi connectivity index (χ4v) is 3.49. The molecule has 0 bridgehead atoms. The molecule has 6 nitrogen and oxygen atoms in total. The first-order valence-electron chi connectivity index (χ1n) is 9.50. The highest BCUT2D eigenvalue weighted by Crippen LogP contribution is 2.22. The topological polar surface area (TPSA) is 59.4 Å². The smallest absolute Gasteiger partial charge is 0.255 e. The van der Waals surface area contributed by atoms with Gasteiger partial charge in [-0.05, 0) is 49.4 Å². The molecular formula is C21H23FN4O2. The largest absolute Gasteiger partial charge is 0.379 e. The van der Waals surface area contributed by atoms with Crippen LogP contribution in [-0.2, 0) is 17.8 Å². The molecule has 146 valence electrons. The number of imidazole rings is 1. The monoisotopic (exact) mass is 382 g/mol. The zero-order chi connectivity index (χ0) is 19.5. The maximum atomic E-state index is 13.0. The minimum Gasteiger partial charge on any atom is -0.379 e. The SMILES string of the molecule is CCn1c(CN2CCOCC2)nc2cc(NC(=O)c3ccc(F)cc3)ccc21. The van der Waals surface area contributed by atoms with Crippen LogP contribution in [0.4, 0.5) is 10.1 Å². The fraction of sp³-hybridized carbons (Fsp3) is 0.333. The van der Waals surface area contributed by atoms with Crippen LogP contribution in [0, 0.1) is 5.82 Å². The number of carbonyl (C=O) groups is 1. The van der Waals surface area contributed by atoms with E-state index in [9.17, 15) is 9.18 Å². The Hall–Kier alpha value is -2.77. The lowest BCUT2D eigenvalue weighted by atomic mass is 10.2. The Kier molecular flexibility index (Phi) is 5.36. The summed E-state index contributed by atoms with van der Waals surface area (Å²) in [7, 11) is 0. The lowest BCUT2D eigenvalue weighted by Gasteiger charge is -2.26. The number of fused-ring (bicyclic) bond motifs is 1. The van der Waals surface area contributed by atoms with E-state index in [1.165, 1.54) is 24.3 Å². The van der Waals surface area contributed by atoms with Gasteiger partial charge in [0.15, 0.2) is 0 Å². The van der Waals surface area contributed by atoms with E-state index < -0.39 is 0 Å². The Morgan fingerprint density at radius 3 is 2.64 bits per heavy atom. The summed E-state index contributed by atoms with van der Waals surface area (Å²) in [4.78, 5) is 19.5. The van der Waals surface area contributed by atoms with Gasteiger partial charge in [-0.3, -0.25) is 9.69 Å². The number of hydrogen-bond acceptors (Lipinski definition) is 4. The first-order valence-corrected chi connectivity index (χ1v) is 9.50. The van der Waals surface area contributed by atoms with Crippen molar-refractivity contribution in [1.29, 1.82) is 0 Å². The van der Waals surface area contributed by atoms with Crippen LogP contribution in [0.1, 0.15) is 23.1 Å². The van der Waals surface area contributed by atoms with Gasteiger partial charge in [0.1, 0.15) is 11.6 Å². The van der Waals surface area contributed by atoms with Crippen LogP contribution in [0.2, 0.25) is 0 Å². The van der Waals surface area contributed by atoms with E-state index in [2.05, 4.69) is 21.7 Å². The number of benzene rings is 2. The van der Waals surface area contributed by atoms with E-state index in [1.807, 2.05) is 18.2 Å². The van der Waals surface area contributed by atoms with E-state index in [-0.39, 0.29) is 11.7 Å². The second-order valence-electron chi connectivity index (χ2n) is 6.83. The van der Waals surface area contributed by atoms with E-state index in [0.29, 0.717) is 11.3 Å². The summed E-state index contributed by atoms with van der Waals surface area (Å²) in [6.45, 7) is 7.05. The molecule has 1 aliphatic rings. The van der Waals surface area contributed by atoms with Crippen molar-refractivity contribution in [2.75, 3.05) is 31.6 Å². The molecule has 1 amide bonds. The molecular weight excluding hydrogens is 359 g/mol. The lowest BCUT2D eigenvalue weighted by molar-refractivity contribution is 0.0327. The summed E-state index contributed by atoms with van der Waals surface area (Å²) in [6.07, 6.45) is 0. The second-order valence-corrected chi connectivity index (χ2v) is 6.83. The van der Waals surface area contributed by atoms with Crippen molar-refractivity contribution in [2.45, 2.75) is 20.0 Å². The lowest BCUT2D eigenvalue weighted by Crippen LogP contribution is -2.36. The average Bonchev–Trinajstić information content (AvgIpc) is 3.05. The molecule has 4 rings (SSSR count). The number of carbonyl (C=O) groups excluding carboxylic acids is 1. The highest BCUT2D eigenvalue weighted by molar-refractivity contribution is 6.04. The molecule has 0 radical (unpaired) electrons. The molecule has 0 aliphatic carbocycles. The van der Waals surface area contributed by atoms with Crippen molar-refractivity contribution in [3.8, 4) is 0 Å². The normalized spacial score (nSPS) is 15.1. The zero-order valence-electron chi connectivity index (χ0n) is 15.8. The third-order valence-electron chi connectivity index (χ3n) is 4.98. The molecule has 28 heavy (non-hydrogen) atoms. The molecule has 0 spiro atoms. The Labute approximate surface area is 162 Å². The minimum atomic E-state index is -0.365. The number of aromatic nitrogens is 2. The van der Waals surface area contributed by atoms with Gasteiger partial charge >= 0.3 is 0 Å². The summed E-state index contributed by atoms with van der Waals surface area (Å²) < 4.78 is 20.7. The number of anilines is 1. The molecule has 0 unspecified atom stereocenters. The molecule has 1 aromatic heterocycles. The summed E-state index contributed by atoms with van der Waals surface area (Å²) in [5.74, 6) is 0.375. The molecule has 1 aliphatic heterocycles.